The van der Waals surface area contributed by atoms with Crippen LogP contribution in [0.1, 0.15) is 89.5 Å². The van der Waals surface area contributed by atoms with Crippen LogP contribution >= 0.6 is 0 Å². The zero-order chi connectivity index (χ0) is 61.4. The summed E-state index contributed by atoms with van der Waals surface area (Å²) in [5, 5.41) is 92.6. The third kappa shape index (κ3) is 16.9. The molecule has 0 aromatic heterocycles. The molecule has 4 saturated heterocycles. The minimum atomic E-state index is -2.23. The normalized spacial score (nSPS) is 35.3. The highest BCUT2D eigenvalue weighted by Crippen LogP contribution is 2.37. The van der Waals surface area contributed by atoms with E-state index in [0.29, 0.717) is 0 Å². The Bertz CT molecular complexity index is 2390. The zero-order valence-corrected chi connectivity index (χ0v) is 47.9. The lowest BCUT2D eigenvalue weighted by atomic mass is 9.96. The van der Waals surface area contributed by atoms with Gasteiger partial charge >= 0.3 is 35.8 Å². The maximum Gasteiger partial charge on any atom is 0.334 e. The fourth-order valence-corrected chi connectivity index (χ4v) is 8.35. The standard InChI is InChI=1S/C55H80O27/c1-13-24(8)46(64)70-22-32-34(58)36(60)44(80-52-38(62)42(78-49(67)27(11)16-4)40(30(20-56)72-52)76-48(66)26(10)15-3)54(74-32)82-55-45(37(61)35(59)33(75-55)23-71-47(65)25(9)14-2)81-53-39(63)43(79-50(68)28(12)17-5)41(31(21-57)73-53)77-51(69)29(18-6)19-7/h13-18,30-45,52-63H,19-23H2,1-12H3. The van der Waals surface area contributed by atoms with E-state index in [-0.39, 0.29) is 39.9 Å². The molecular formula is C55H80O27. The van der Waals surface area contributed by atoms with Gasteiger partial charge in [0.05, 0.1) is 13.2 Å². The van der Waals surface area contributed by atoms with Crippen molar-refractivity contribution >= 4 is 35.8 Å². The molecule has 0 aromatic rings. The highest BCUT2D eigenvalue weighted by molar-refractivity contribution is 5.90. The highest BCUT2D eigenvalue weighted by atomic mass is 16.8. The van der Waals surface area contributed by atoms with Gasteiger partial charge in [-0.25, -0.2) is 28.8 Å². The number of esters is 6. The maximum absolute atomic E-state index is 13.3. The van der Waals surface area contributed by atoms with Crippen LogP contribution in [-0.2, 0) is 90.3 Å². The van der Waals surface area contributed by atoms with Crippen LogP contribution < -0.4 is 0 Å². The van der Waals surface area contributed by atoms with Gasteiger partial charge < -0.3 is 102 Å². The molecule has 0 bridgehead atoms. The summed E-state index contributed by atoms with van der Waals surface area (Å²) in [7, 11) is 0. The average molecular weight is 1170 g/mol. The third-order valence-electron chi connectivity index (χ3n) is 14.2. The molecule has 0 radical (unpaired) electrons. The Morgan fingerprint density at radius 3 is 0.976 bits per heavy atom. The largest absolute Gasteiger partial charge is 0.459 e. The van der Waals surface area contributed by atoms with Crippen molar-refractivity contribution in [2.24, 2.45) is 0 Å². The number of aliphatic hydroxyl groups is 8. The predicted octanol–water partition coefficient (Wildman–Crippen LogP) is -0.256. The molecule has 0 aromatic carbocycles. The van der Waals surface area contributed by atoms with E-state index in [9.17, 15) is 69.6 Å². The van der Waals surface area contributed by atoms with Crippen molar-refractivity contribution in [2.75, 3.05) is 26.4 Å². The van der Waals surface area contributed by atoms with Gasteiger partial charge in [-0.2, -0.15) is 0 Å². The molecule has 20 atom stereocenters. The SMILES string of the molecule is CC=C(C)C(=O)OCC1OC(OC2OC(COC(=O)C(C)=CC)C(O)C(O)C2OC2OC(CO)C(OC(=O)C(=CC)CC)C(OC(=O)C(C)=CC)C2O)C(OC2OC(CO)C(OC(=O)C(C)=CC)C(OC(=O)C(C)=CC)C2O)C(O)C1O. The number of ether oxygens (including phenoxy) is 13. The Morgan fingerprint density at radius 1 is 0.366 bits per heavy atom. The van der Waals surface area contributed by atoms with E-state index in [2.05, 4.69) is 0 Å². The second kappa shape index (κ2) is 32.1. The second-order valence-corrected chi connectivity index (χ2v) is 19.5. The summed E-state index contributed by atoms with van der Waals surface area (Å²) < 4.78 is 76.1. The number of hydrogen-bond donors (Lipinski definition) is 8. The van der Waals surface area contributed by atoms with E-state index >= 15 is 0 Å². The lowest BCUT2D eigenvalue weighted by Gasteiger charge is -2.49. The summed E-state index contributed by atoms with van der Waals surface area (Å²) >= 11 is 0. The molecular weight excluding hydrogens is 1090 g/mol. The summed E-state index contributed by atoms with van der Waals surface area (Å²) in [5.41, 5.74) is 0.577. The molecule has 0 amide bonds. The van der Waals surface area contributed by atoms with Crippen LogP contribution in [0, 0.1) is 0 Å². The van der Waals surface area contributed by atoms with Crippen molar-refractivity contribution in [3.05, 3.63) is 69.9 Å². The summed E-state index contributed by atoms with van der Waals surface area (Å²) in [6.07, 6.45) is -31.2. The number of aliphatic hydroxyl groups excluding tert-OH is 8. The van der Waals surface area contributed by atoms with Gasteiger partial charge in [-0.1, -0.05) is 43.4 Å². The van der Waals surface area contributed by atoms with Crippen molar-refractivity contribution in [3.63, 3.8) is 0 Å². The lowest BCUT2D eigenvalue weighted by molar-refractivity contribution is -0.414. The number of hydrogen-bond acceptors (Lipinski definition) is 27. The van der Waals surface area contributed by atoms with Crippen molar-refractivity contribution in [1.82, 2.24) is 0 Å². The lowest BCUT2D eigenvalue weighted by Crippen LogP contribution is -2.68. The van der Waals surface area contributed by atoms with Crippen LogP contribution in [0.5, 0.6) is 0 Å². The molecule has 4 aliphatic rings. The molecule has 4 heterocycles. The Morgan fingerprint density at radius 2 is 0.671 bits per heavy atom. The van der Waals surface area contributed by atoms with E-state index in [1.54, 1.807) is 27.7 Å². The molecule has 4 fully saturated rings. The molecule has 20 unspecified atom stereocenters. The first-order valence-corrected chi connectivity index (χ1v) is 26.7. The average Bonchev–Trinajstić information content (AvgIpc) is 3.62. The molecule has 0 aliphatic carbocycles. The van der Waals surface area contributed by atoms with Crippen LogP contribution in [0.4, 0.5) is 0 Å². The van der Waals surface area contributed by atoms with Crippen LogP contribution in [0.15, 0.2) is 69.9 Å². The van der Waals surface area contributed by atoms with Gasteiger partial charge in [-0.15, -0.1) is 0 Å². The topological polar surface area (TPSA) is 384 Å². The minimum absolute atomic E-state index is 0.0357. The monoisotopic (exact) mass is 1170 g/mol. The quantitative estimate of drug-likeness (QED) is 0.0371. The summed E-state index contributed by atoms with van der Waals surface area (Å²) in [4.78, 5) is 78.8. The smallest absolute Gasteiger partial charge is 0.334 e. The summed E-state index contributed by atoms with van der Waals surface area (Å²) in [6, 6.07) is 0. The van der Waals surface area contributed by atoms with Crippen LogP contribution in [0.3, 0.4) is 0 Å². The van der Waals surface area contributed by atoms with E-state index in [0.717, 1.165) is 0 Å². The van der Waals surface area contributed by atoms with Crippen molar-refractivity contribution in [2.45, 2.75) is 212 Å². The molecule has 27 nitrogen and oxygen atoms in total. The highest BCUT2D eigenvalue weighted by Gasteiger charge is 2.58. The number of carbonyl (C=O) groups excluding carboxylic acids is 6. The second-order valence-electron chi connectivity index (χ2n) is 19.5. The Hall–Kier alpha value is -5.34. The Kier molecular flexibility index (Phi) is 27.1. The van der Waals surface area contributed by atoms with Crippen molar-refractivity contribution in [3.8, 4) is 0 Å². The maximum atomic E-state index is 13.3. The first-order valence-electron chi connectivity index (χ1n) is 26.7. The van der Waals surface area contributed by atoms with Crippen LogP contribution in [0.25, 0.3) is 0 Å². The van der Waals surface area contributed by atoms with E-state index in [1.165, 1.54) is 91.8 Å². The first kappa shape index (κ1) is 69.2. The fraction of sp³-hybridized carbons (Fsp3) is 0.673. The number of carbonyl (C=O) groups is 6. The fourth-order valence-electron chi connectivity index (χ4n) is 8.35. The molecule has 27 heteroatoms. The molecule has 0 saturated carbocycles. The number of rotatable bonds is 23. The van der Waals surface area contributed by atoms with Crippen molar-refractivity contribution < 1.29 is 131 Å². The molecule has 0 spiro atoms. The minimum Gasteiger partial charge on any atom is -0.459 e. The molecule has 4 rings (SSSR count). The van der Waals surface area contributed by atoms with Gasteiger partial charge in [0.1, 0.15) is 86.5 Å². The van der Waals surface area contributed by atoms with Gasteiger partial charge in [-0.3, -0.25) is 0 Å². The molecule has 8 N–H and O–H groups in total. The zero-order valence-electron chi connectivity index (χ0n) is 47.9. The van der Waals surface area contributed by atoms with E-state index < -0.39 is 185 Å². The summed E-state index contributed by atoms with van der Waals surface area (Å²) in [5.74, 6) is -5.64. The van der Waals surface area contributed by atoms with Gasteiger partial charge in [0.2, 0.25) is 0 Å². The van der Waals surface area contributed by atoms with E-state index in [1.807, 2.05) is 0 Å². The molecule has 4 aliphatic heterocycles. The van der Waals surface area contributed by atoms with Crippen LogP contribution in [0.2, 0.25) is 0 Å². The van der Waals surface area contributed by atoms with Gasteiger partial charge in [0, 0.05) is 33.4 Å². The molecule has 82 heavy (non-hydrogen) atoms. The number of allylic oxidation sites excluding steroid dienone is 6. The summed E-state index contributed by atoms with van der Waals surface area (Å²) in [6.45, 7) is 14.4. The van der Waals surface area contributed by atoms with Gasteiger partial charge in [-0.05, 0) is 82.6 Å². The Balaban J connectivity index is 1.88. The van der Waals surface area contributed by atoms with Gasteiger partial charge in [0.25, 0.3) is 0 Å². The van der Waals surface area contributed by atoms with Crippen molar-refractivity contribution in [1.29, 1.82) is 0 Å². The van der Waals surface area contributed by atoms with Crippen LogP contribution in [-0.4, -0.2) is 226 Å². The molecule has 462 valence electrons. The first-order chi connectivity index (χ1) is 38.8. The third-order valence-corrected chi connectivity index (χ3v) is 14.2. The van der Waals surface area contributed by atoms with E-state index in [4.69, 9.17) is 61.6 Å². The Labute approximate surface area is 474 Å². The van der Waals surface area contributed by atoms with Gasteiger partial charge in [0.15, 0.2) is 49.6 Å². The predicted molar refractivity (Wildman–Crippen MR) is 278 cm³/mol.